The number of benzene rings is 2. The molecule has 7 heteroatoms. The average Bonchev–Trinajstić information content (AvgIpc) is 3.00. The van der Waals surface area contributed by atoms with Gasteiger partial charge in [-0.15, -0.1) is 10.2 Å². The molecule has 0 saturated heterocycles. The molecule has 0 aliphatic heterocycles. The van der Waals surface area contributed by atoms with Crippen molar-refractivity contribution < 1.29 is 9.18 Å². The van der Waals surface area contributed by atoms with Crippen LogP contribution in [0.15, 0.2) is 59.8 Å². The van der Waals surface area contributed by atoms with Gasteiger partial charge < -0.3 is 9.88 Å². The van der Waals surface area contributed by atoms with Crippen LogP contribution in [0.4, 0.5) is 10.1 Å². The number of rotatable bonds is 7. The number of hydrogen-bond donors (Lipinski definition) is 1. The highest BCUT2D eigenvalue weighted by atomic mass is 32.2. The van der Waals surface area contributed by atoms with Gasteiger partial charge >= 0.3 is 0 Å². The van der Waals surface area contributed by atoms with E-state index >= 15 is 0 Å². The molecule has 1 heterocycles. The lowest BCUT2D eigenvalue weighted by Gasteiger charge is -2.06. The summed E-state index contributed by atoms with van der Waals surface area (Å²) in [7, 11) is 1.86. The average molecular weight is 356 g/mol. The fraction of sp³-hybridized carbons (Fsp3) is 0.167. The highest BCUT2D eigenvalue weighted by Crippen LogP contribution is 2.18. The monoisotopic (exact) mass is 356 g/mol. The maximum atomic E-state index is 12.9. The molecule has 3 rings (SSSR count). The summed E-state index contributed by atoms with van der Waals surface area (Å²) in [5.41, 5.74) is 1.49. The Morgan fingerprint density at radius 3 is 2.56 bits per heavy atom. The van der Waals surface area contributed by atoms with Crippen LogP contribution < -0.4 is 5.32 Å². The van der Waals surface area contributed by atoms with Gasteiger partial charge in [0.15, 0.2) is 16.8 Å². The molecule has 0 saturated carbocycles. The van der Waals surface area contributed by atoms with Crippen LogP contribution in [0.5, 0.6) is 0 Å². The number of hydrogen-bond acceptors (Lipinski definition) is 5. The minimum Gasteiger partial charge on any atom is -0.378 e. The number of anilines is 1. The molecule has 0 fully saturated rings. The summed E-state index contributed by atoms with van der Waals surface area (Å²) in [4.78, 5) is 12.2. The van der Waals surface area contributed by atoms with Crippen molar-refractivity contribution in [2.45, 2.75) is 11.7 Å². The third-order valence-corrected chi connectivity index (χ3v) is 4.67. The number of halogens is 1. The standard InChI is InChI=1S/C18H17FN4OS/c1-23-17(11-20-15-9-7-14(19)8-10-15)21-22-18(23)25-12-16(24)13-5-3-2-4-6-13/h2-10,20H,11-12H2,1H3. The van der Waals surface area contributed by atoms with E-state index in [9.17, 15) is 9.18 Å². The molecular weight excluding hydrogens is 339 g/mol. The number of thioether (sulfide) groups is 1. The van der Waals surface area contributed by atoms with Gasteiger partial charge in [-0.25, -0.2) is 4.39 Å². The summed E-state index contributed by atoms with van der Waals surface area (Å²) in [6.07, 6.45) is 0. The van der Waals surface area contributed by atoms with Gasteiger partial charge in [-0.2, -0.15) is 0 Å². The van der Waals surface area contributed by atoms with E-state index < -0.39 is 0 Å². The maximum absolute atomic E-state index is 12.9. The van der Waals surface area contributed by atoms with Gasteiger partial charge in [-0.1, -0.05) is 42.1 Å². The summed E-state index contributed by atoms with van der Waals surface area (Å²) < 4.78 is 14.8. The molecular formula is C18H17FN4OS. The van der Waals surface area contributed by atoms with Crippen LogP contribution >= 0.6 is 11.8 Å². The van der Waals surface area contributed by atoms with Crippen molar-refractivity contribution in [3.05, 3.63) is 71.8 Å². The Hall–Kier alpha value is -2.67. The normalized spacial score (nSPS) is 10.6. The van der Waals surface area contributed by atoms with Crippen molar-refractivity contribution in [2.24, 2.45) is 7.05 Å². The van der Waals surface area contributed by atoms with Crippen LogP contribution in [0, 0.1) is 5.82 Å². The van der Waals surface area contributed by atoms with Crippen molar-refractivity contribution in [3.63, 3.8) is 0 Å². The second-order valence-corrected chi connectivity index (χ2v) is 6.34. The van der Waals surface area contributed by atoms with Gasteiger partial charge in [-0.05, 0) is 24.3 Å². The maximum Gasteiger partial charge on any atom is 0.191 e. The molecule has 0 aliphatic rings. The third-order valence-electron chi connectivity index (χ3n) is 3.65. The SMILES string of the molecule is Cn1c(CNc2ccc(F)cc2)nnc1SCC(=O)c1ccccc1. The van der Waals surface area contributed by atoms with Crippen molar-refractivity contribution in [1.82, 2.24) is 14.8 Å². The molecule has 0 atom stereocenters. The number of carbonyl (C=O) groups is 1. The van der Waals surface area contributed by atoms with E-state index in [2.05, 4.69) is 15.5 Å². The van der Waals surface area contributed by atoms with Crippen LogP contribution in [-0.2, 0) is 13.6 Å². The van der Waals surface area contributed by atoms with Gasteiger partial charge in [0.2, 0.25) is 0 Å². The Morgan fingerprint density at radius 2 is 1.84 bits per heavy atom. The molecule has 128 valence electrons. The Labute approximate surface area is 149 Å². The number of nitrogens with zero attached hydrogens (tertiary/aromatic N) is 3. The molecule has 1 aromatic heterocycles. The second kappa shape index (κ2) is 7.94. The molecule has 0 spiro atoms. The van der Waals surface area contributed by atoms with E-state index in [1.54, 1.807) is 24.3 Å². The zero-order valence-electron chi connectivity index (χ0n) is 13.6. The van der Waals surface area contributed by atoms with Crippen LogP contribution in [0.3, 0.4) is 0 Å². The topological polar surface area (TPSA) is 59.8 Å². The number of carbonyl (C=O) groups excluding carboxylic acids is 1. The molecule has 0 unspecified atom stereocenters. The molecule has 0 bridgehead atoms. The predicted molar refractivity (Wildman–Crippen MR) is 96.2 cm³/mol. The van der Waals surface area contributed by atoms with Gasteiger partial charge in [-0.3, -0.25) is 4.79 Å². The first-order valence-electron chi connectivity index (χ1n) is 7.72. The Kier molecular flexibility index (Phi) is 5.45. The Balaban J connectivity index is 1.57. The van der Waals surface area contributed by atoms with E-state index in [4.69, 9.17) is 0 Å². The van der Waals surface area contributed by atoms with Crippen molar-refractivity contribution >= 4 is 23.2 Å². The molecule has 0 amide bonds. The van der Waals surface area contributed by atoms with Gasteiger partial charge in [0, 0.05) is 18.3 Å². The summed E-state index contributed by atoms with van der Waals surface area (Å²) in [6, 6.07) is 15.3. The van der Waals surface area contributed by atoms with Crippen molar-refractivity contribution in [2.75, 3.05) is 11.1 Å². The zero-order valence-corrected chi connectivity index (χ0v) is 14.5. The number of ketones is 1. The third kappa shape index (κ3) is 4.45. The fourth-order valence-corrected chi connectivity index (χ4v) is 3.04. The number of Topliss-reactive ketones (excluding diaryl/α,β-unsaturated/α-hetero) is 1. The smallest absolute Gasteiger partial charge is 0.191 e. The molecule has 3 aromatic rings. The molecule has 0 radical (unpaired) electrons. The molecule has 5 nitrogen and oxygen atoms in total. The summed E-state index contributed by atoms with van der Waals surface area (Å²) in [6.45, 7) is 0.461. The van der Waals surface area contributed by atoms with Gasteiger partial charge in [0.05, 0.1) is 12.3 Å². The summed E-state index contributed by atoms with van der Waals surface area (Å²) in [5.74, 6) is 0.825. The van der Waals surface area contributed by atoms with E-state index in [0.717, 1.165) is 11.5 Å². The van der Waals surface area contributed by atoms with Crippen LogP contribution in [0.2, 0.25) is 0 Å². The lowest BCUT2D eigenvalue weighted by Crippen LogP contribution is -2.07. The Morgan fingerprint density at radius 1 is 1.12 bits per heavy atom. The van der Waals surface area contributed by atoms with Gasteiger partial charge in [0.25, 0.3) is 0 Å². The highest BCUT2D eigenvalue weighted by Gasteiger charge is 2.12. The number of aromatic nitrogens is 3. The first-order chi connectivity index (χ1) is 12.1. The van der Waals surface area contributed by atoms with E-state index in [1.165, 1.54) is 23.9 Å². The molecule has 0 aliphatic carbocycles. The van der Waals surface area contributed by atoms with E-state index in [0.29, 0.717) is 23.0 Å². The zero-order chi connectivity index (χ0) is 17.6. The molecule has 2 aromatic carbocycles. The summed E-state index contributed by atoms with van der Waals surface area (Å²) >= 11 is 1.36. The fourth-order valence-electron chi connectivity index (χ4n) is 2.21. The second-order valence-electron chi connectivity index (χ2n) is 5.40. The minimum atomic E-state index is -0.272. The highest BCUT2D eigenvalue weighted by molar-refractivity contribution is 7.99. The molecule has 25 heavy (non-hydrogen) atoms. The predicted octanol–water partition coefficient (Wildman–Crippen LogP) is 3.54. The minimum absolute atomic E-state index is 0.0552. The van der Waals surface area contributed by atoms with E-state index in [1.807, 2.05) is 29.8 Å². The summed E-state index contributed by atoms with van der Waals surface area (Å²) in [5, 5.41) is 12.1. The largest absolute Gasteiger partial charge is 0.378 e. The van der Waals surface area contributed by atoms with E-state index in [-0.39, 0.29) is 11.6 Å². The Bertz CT molecular complexity index is 849. The van der Waals surface area contributed by atoms with Crippen LogP contribution in [-0.4, -0.2) is 26.3 Å². The van der Waals surface area contributed by atoms with Crippen LogP contribution in [0.25, 0.3) is 0 Å². The lowest BCUT2D eigenvalue weighted by atomic mass is 10.2. The van der Waals surface area contributed by atoms with Crippen molar-refractivity contribution in [3.8, 4) is 0 Å². The quantitative estimate of drug-likeness (QED) is 0.518. The first kappa shape index (κ1) is 17.2. The lowest BCUT2D eigenvalue weighted by molar-refractivity contribution is 0.102. The van der Waals surface area contributed by atoms with Gasteiger partial charge in [0.1, 0.15) is 5.82 Å². The van der Waals surface area contributed by atoms with Crippen molar-refractivity contribution in [1.29, 1.82) is 0 Å². The number of nitrogens with one attached hydrogen (secondary N) is 1. The first-order valence-corrected chi connectivity index (χ1v) is 8.71. The molecule has 1 N–H and O–H groups in total. The van der Waals surface area contributed by atoms with Crippen LogP contribution in [0.1, 0.15) is 16.2 Å².